The number of nitrogens with zero attached hydrogens (tertiary/aromatic N) is 4. The Morgan fingerprint density at radius 2 is 1.68 bits per heavy atom. The summed E-state index contributed by atoms with van der Waals surface area (Å²) < 4.78 is 30.7. The number of aromatic amines is 1. The second kappa shape index (κ2) is 9.49. The van der Waals surface area contributed by atoms with Crippen molar-refractivity contribution in [2.45, 2.75) is 51.4 Å². The molecule has 6 rings (SSSR count). The van der Waals surface area contributed by atoms with E-state index in [4.69, 9.17) is 9.97 Å². The number of aromatic nitrogens is 3. The van der Waals surface area contributed by atoms with Crippen LogP contribution in [0.15, 0.2) is 36.5 Å². The molecule has 1 saturated carbocycles. The van der Waals surface area contributed by atoms with Gasteiger partial charge < -0.3 is 19.5 Å². The average molecular weight is 525 g/mol. The lowest BCUT2D eigenvalue weighted by Gasteiger charge is -2.35. The number of piperidine rings is 2. The van der Waals surface area contributed by atoms with Gasteiger partial charge in [-0.1, -0.05) is 11.9 Å². The quantitative estimate of drug-likeness (QED) is 0.348. The monoisotopic (exact) mass is 524 g/mol. The number of imidazole rings is 1. The van der Waals surface area contributed by atoms with Crippen molar-refractivity contribution in [1.82, 2.24) is 15.0 Å². The smallest absolute Gasteiger partial charge is 0.251 e. The molecule has 0 radical (unpaired) electrons. The van der Waals surface area contributed by atoms with Gasteiger partial charge in [-0.25, -0.2) is 18.7 Å². The average Bonchev–Trinajstić information content (AvgIpc) is 3.44. The molecule has 6 nitrogen and oxygen atoms in total. The molecule has 2 aliphatic heterocycles. The first-order valence-electron chi connectivity index (χ1n) is 13.2. The van der Waals surface area contributed by atoms with E-state index in [1.165, 1.54) is 31.4 Å². The van der Waals surface area contributed by atoms with Gasteiger partial charge in [-0.2, -0.15) is 0 Å². The molecule has 2 aromatic heterocycles. The van der Waals surface area contributed by atoms with E-state index in [0.29, 0.717) is 18.5 Å². The summed E-state index contributed by atoms with van der Waals surface area (Å²) in [5.41, 5.74) is 6.63. The van der Waals surface area contributed by atoms with Gasteiger partial charge in [0.25, 0.3) is 5.92 Å². The summed E-state index contributed by atoms with van der Waals surface area (Å²) in [6.45, 7) is 4.78. The minimum Gasteiger partial charge on any atom is -0.371 e. The second-order valence-electron chi connectivity index (χ2n) is 10.9. The Kier molecular flexibility index (Phi) is 6.29. The van der Waals surface area contributed by atoms with Crippen LogP contribution in [-0.4, -0.2) is 53.3 Å². The maximum absolute atomic E-state index is 13.7. The molecule has 4 heterocycles. The Bertz CT molecular complexity index is 1270. The van der Waals surface area contributed by atoms with Gasteiger partial charge in [0.2, 0.25) is 0 Å². The van der Waals surface area contributed by atoms with Gasteiger partial charge in [0, 0.05) is 62.2 Å². The highest BCUT2D eigenvalue weighted by Crippen LogP contribution is 2.54. The molecule has 0 amide bonds. The fourth-order valence-electron chi connectivity index (χ4n) is 5.67. The summed E-state index contributed by atoms with van der Waals surface area (Å²) >= 11 is 1.59. The van der Waals surface area contributed by atoms with Crippen molar-refractivity contribution < 1.29 is 8.78 Å². The van der Waals surface area contributed by atoms with Crippen LogP contribution in [0.3, 0.4) is 0 Å². The zero-order chi connectivity index (χ0) is 25.6. The molecule has 37 heavy (non-hydrogen) atoms. The van der Waals surface area contributed by atoms with Crippen molar-refractivity contribution in [2.24, 2.45) is 5.41 Å². The molecule has 2 N–H and O–H groups in total. The Morgan fingerprint density at radius 1 is 0.946 bits per heavy atom. The second-order valence-corrected chi connectivity index (χ2v) is 11.5. The molecule has 0 unspecified atom stereocenters. The number of aryl methyl sites for hydroxylation is 1. The van der Waals surface area contributed by atoms with Crippen LogP contribution in [0.5, 0.6) is 0 Å². The van der Waals surface area contributed by atoms with Gasteiger partial charge in [-0.15, -0.1) is 0 Å². The Balaban J connectivity index is 1.29. The van der Waals surface area contributed by atoms with E-state index < -0.39 is 5.92 Å². The van der Waals surface area contributed by atoms with E-state index in [2.05, 4.69) is 32.8 Å². The zero-order valence-electron chi connectivity index (χ0n) is 21.5. The van der Waals surface area contributed by atoms with Crippen LogP contribution in [0.25, 0.3) is 22.8 Å². The third-order valence-electron chi connectivity index (χ3n) is 8.22. The zero-order valence-corrected chi connectivity index (χ0v) is 22.3. The molecule has 9 heteroatoms. The standard InChI is InChI=1S/C28H34F2N6S/c1-19-15-22(32-25(16-19)36-13-9-28(29,30)10-14-36)23-18-31-26(33-23)21-4-3-20(34-37-2)17-24(21)35-11-7-27(5-6-27)8-12-35/h3-4,15-18,34H,5-14H2,1-2H3,(H,31,33). The first kappa shape index (κ1) is 24.5. The fourth-order valence-corrected chi connectivity index (χ4v) is 6.04. The molecule has 0 atom stereocenters. The first-order chi connectivity index (χ1) is 17.8. The predicted octanol–water partition coefficient (Wildman–Crippen LogP) is 6.75. The number of rotatable bonds is 6. The van der Waals surface area contributed by atoms with Crippen LogP contribution in [0.1, 0.15) is 44.1 Å². The minimum atomic E-state index is -2.58. The maximum atomic E-state index is 13.7. The number of halogens is 2. The van der Waals surface area contributed by atoms with Gasteiger partial charge in [0.05, 0.1) is 17.6 Å². The molecule has 1 spiro atoms. The fraction of sp³-hybridized carbons (Fsp3) is 0.500. The summed E-state index contributed by atoms with van der Waals surface area (Å²) in [6, 6.07) is 10.5. The lowest BCUT2D eigenvalue weighted by molar-refractivity contribution is -0.0221. The molecule has 2 saturated heterocycles. The summed E-state index contributed by atoms with van der Waals surface area (Å²) in [7, 11) is 0. The lowest BCUT2D eigenvalue weighted by atomic mass is 9.93. The van der Waals surface area contributed by atoms with Gasteiger partial charge >= 0.3 is 0 Å². The van der Waals surface area contributed by atoms with Crippen LogP contribution in [0.2, 0.25) is 0 Å². The topological polar surface area (TPSA) is 60.1 Å². The highest BCUT2D eigenvalue weighted by atomic mass is 32.2. The Hall–Kier alpha value is -2.81. The molecule has 3 aliphatic rings. The lowest BCUT2D eigenvalue weighted by Crippen LogP contribution is -2.39. The molecule has 3 aromatic rings. The van der Waals surface area contributed by atoms with E-state index in [-0.39, 0.29) is 12.8 Å². The third-order valence-corrected chi connectivity index (χ3v) is 8.66. The van der Waals surface area contributed by atoms with Gasteiger partial charge in [-0.05, 0) is 73.9 Å². The van der Waals surface area contributed by atoms with Gasteiger partial charge in [0.15, 0.2) is 0 Å². The number of hydrogen-bond acceptors (Lipinski definition) is 6. The molecular formula is C28H34F2N6S. The van der Waals surface area contributed by atoms with Crippen molar-refractivity contribution in [3.8, 4) is 22.8 Å². The number of nitrogens with one attached hydrogen (secondary N) is 2. The van der Waals surface area contributed by atoms with E-state index in [0.717, 1.165) is 52.9 Å². The number of pyridine rings is 1. The SMILES string of the molecule is CSNc1ccc(-c2ncc(-c3cc(C)cc(N4CCC(F)(F)CC4)n3)[nH]2)c(N2CCC3(CC2)CC3)c1. The number of hydrogen-bond donors (Lipinski definition) is 2. The third kappa shape index (κ3) is 5.15. The van der Waals surface area contributed by atoms with Crippen LogP contribution >= 0.6 is 11.9 Å². The van der Waals surface area contributed by atoms with E-state index >= 15 is 0 Å². The van der Waals surface area contributed by atoms with E-state index in [1.54, 1.807) is 11.9 Å². The van der Waals surface area contributed by atoms with Crippen LogP contribution < -0.4 is 14.5 Å². The van der Waals surface area contributed by atoms with E-state index in [9.17, 15) is 8.78 Å². The number of alkyl halides is 2. The van der Waals surface area contributed by atoms with Crippen LogP contribution in [0, 0.1) is 12.3 Å². The normalized spacial score (nSPS) is 20.3. The van der Waals surface area contributed by atoms with Crippen LogP contribution in [-0.2, 0) is 0 Å². The molecule has 3 fully saturated rings. The summed E-state index contributed by atoms with van der Waals surface area (Å²) in [6.07, 6.45) is 8.88. The van der Waals surface area contributed by atoms with Gasteiger partial charge in [0.1, 0.15) is 11.6 Å². The molecule has 196 valence electrons. The Morgan fingerprint density at radius 3 is 2.38 bits per heavy atom. The first-order valence-corrected chi connectivity index (χ1v) is 14.4. The highest BCUT2D eigenvalue weighted by Gasteiger charge is 2.44. The van der Waals surface area contributed by atoms with Crippen molar-refractivity contribution in [2.75, 3.05) is 47.0 Å². The van der Waals surface area contributed by atoms with Crippen molar-refractivity contribution in [1.29, 1.82) is 0 Å². The molecule has 1 aliphatic carbocycles. The number of benzene rings is 1. The molecule has 1 aromatic carbocycles. The number of anilines is 3. The molecular weight excluding hydrogens is 490 g/mol. The van der Waals surface area contributed by atoms with E-state index in [1.807, 2.05) is 36.4 Å². The van der Waals surface area contributed by atoms with Crippen molar-refractivity contribution in [3.05, 3.63) is 42.1 Å². The maximum Gasteiger partial charge on any atom is 0.251 e. The van der Waals surface area contributed by atoms with Crippen molar-refractivity contribution >= 4 is 29.1 Å². The highest BCUT2D eigenvalue weighted by molar-refractivity contribution is 7.99. The summed E-state index contributed by atoms with van der Waals surface area (Å²) in [5.74, 6) is -1.01. The predicted molar refractivity (Wildman–Crippen MR) is 149 cm³/mol. The van der Waals surface area contributed by atoms with Crippen LogP contribution in [0.4, 0.5) is 26.0 Å². The molecule has 0 bridgehead atoms. The number of H-pyrrole nitrogens is 1. The summed E-state index contributed by atoms with van der Waals surface area (Å²) in [4.78, 5) is 17.6. The van der Waals surface area contributed by atoms with Gasteiger partial charge in [-0.3, -0.25) is 0 Å². The largest absolute Gasteiger partial charge is 0.371 e. The Labute approximate surface area is 221 Å². The van der Waals surface area contributed by atoms with Crippen molar-refractivity contribution in [3.63, 3.8) is 0 Å². The summed E-state index contributed by atoms with van der Waals surface area (Å²) in [5, 5.41) is 0. The minimum absolute atomic E-state index is 0.131.